The Balaban J connectivity index is 2.33. The zero-order valence-electron chi connectivity index (χ0n) is 13.3. The highest BCUT2D eigenvalue weighted by Gasteiger charge is 2.52. The van der Waals surface area contributed by atoms with Crippen molar-refractivity contribution in [3.63, 3.8) is 0 Å². The van der Waals surface area contributed by atoms with Crippen LogP contribution in [-0.2, 0) is 9.31 Å². The molecule has 0 aromatic heterocycles. The highest BCUT2D eigenvalue weighted by atomic mass is 32.1. The number of rotatable bonds is 3. The van der Waals surface area contributed by atoms with E-state index >= 15 is 0 Å². The van der Waals surface area contributed by atoms with Gasteiger partial charge < -0.3 is 14.4 Å². The average molecular weight is 306 g/mol. The van der Waals surface area contributed by atoms with Crippen molar-refractivity contribution in [3.05, 3.63) is 34.8 Å². The van der Waals surface area contributed by atoms with Crippen LogP contribution in [0.1, 0.15) is 38.8 Å². The molecule has 1 aliphatic heterocycles. The predicted octanol–water partition coefficient (Wildman–Crippen LogP) is 3.65. The number of aromatic hydroxyl groups is 1. The molecule has 1 fully saturated rings. The van der Waals surface area contributed by atoms with Crippen LogP contribution >= 0.6 is 12.6 Å². The molecule has 5 heteroatoms. The largest absolute Gasteiger partial charge is 0.507 e. The van der Waals surface area contributed by atoms with Crippen LogP contribution in [0.3, 0.4) is 0 Å². The van der Waals surface area contributed by atoms with Crippen LogP contribution in [0.2, 0.25) is 0 Å². The first kappa shape index (κ1) is 16.5. The molecule has 1 aliphatic rings. The molecule has 0 amide bonds. The van der Waals surface area contributed by atoms with Gasteiger partial charge in [0, 0.05) is 11.3 Å². The lowest BCUT2D eigenvalue weighted by Crippen LogP contribution is -2.41. The van der Waals surface area contributed by atoms with Gasteiger partial charge in [-0.05, 0) is 45.7 Å². The monoisotopic (exact) mass is 306 g/mol. The number of aryl methyl sites for hydroxylation is 1. The molecule has 21 heavy (non-hydrogen) atoms. The van der Waals surface area contributed by atoms with Crippen molar-refractivity contribution < 1.29 is 14.4 Å². The number of benzene rings is 1. The Hall–Kier alpha value is -0.905. The Bertz CT molecular complexity index is 551. The van der Waals surface area contributed by atoms with Gasteiger partial charge in [0.1, 0.15) is 5.75 Å². The van der Waals surface area contributed by atoms with Crippen molar-refractivity contribution in [2.75, 3.05) is 5.75 Å². The summed E-state index contributed by atoms with van der Waals surface area (Å²) in [5.41, 5.74) is 1.74. The summed E-state index contributed by atoms with van der Waals surface area (Å²) in [5, 5.41) is 10.1. The summed E-state index contributed by atoms with van der Waals surface area (Å²) in [6.45, 7) is 9.96. The molecule has 3 nitrogen and oxygen atoms in total. The minimum atomic E-state index is -0.438. The van der Waals surface area contributed by atoms with Gasteiger partial charge in [-0.3, -0.25) is 0 Å². The lowest BCUT2D eigenvalue weighted by atomic mass is 9.78. The highest BCUT2D eigenvalue weighted by molar-refractivity contribution is 7.80. The fourth-order valence-electron chi connectivity index (χ4n) is 2.18. The summed E-state index contributed by atoms with van der Waals surface area (Å²) in [5.74, 6) is 0.790. The Morgan fingerprint density at radius 1 is 1.24 bits per heavy atom. The second-order valence-electron chi connectivity index (χ2n) is 6.48. The first-order chi connectivity index (χ1) is 9.68. The van der Waals surface area contributed by atoms with Gasteiger partial charge in [0.05, 0.1) is 11.2 Å². The van der Waals surface area contributed by atoms with Crippen LogP contribution in [0.15, 0.2) is 23.7 Å². The van der Waals surface area contributed by atoms with Gasteiger partial charge in [0.2, 0.25) is 0 Å². The summed E-state index contributed by atoms with van der Waals surface area (Å²) in [4.78, 5) is 0. The van der Waals surface area contributed by atoms with Crippen molar-refractivity contribution in [2.45, 2.75) is 45.8 Å². The number of thiol groups is 1. The molecular weight excluding hydrogens is 283 g/mol. The van der Waals surface area contributed by atoms with E-state index in [1.165, 1.54) is 0 Å². The maximum absolute atomic E-state index is 10.1. The number of hydrogen-bond acceptors (Lipinski definition) is 4. The number of phenols is 1. The summed E-state index contributed by atoms with van der Waals surface area (Å²) < 4.78 is 12.1. The third kappa shape index (κ3) is 3.15. The van der Waals surface area contributed by atoms with Crippen LogP contribution in [0.4, 0.5) is 0 Å². The molecule has 1 saturated heterocycles. The van der Waals surface area contributed by atoms with Crippen molar-refractivity contribution in [1.29, 1.82) is 0 Å². The molecule has 2 rings (SSSR count). The lowest BCUT2D eigenvalue weighted by Gasteiger charge is -2.32. The summed E-state index contributed by atoms with van der Waals surface area (Å²) in [6, 6.07) is 5.67. The highest BCUT2D eigenvalue weighted by Crippen LogP contribution is 2.39. The van der Waals surface area contributed by atoms with Crippen LogP contribution in [0.5, 0.6) is 5.75 Å². The van der Waals surface area contributed by atoms with Crippen molar-refractivity contribution >= 4 is 25.8 Å². The van der Waals surface area contributed by atoms with E-state index in [2.05, 4.69) is 12.6 Å². The van der Waals surface area contributed by atoms with Gasteiger partial charge in [-0.2, -0.15) is 12.6 Å². The normalized spacial score (nSPS) is 20.9. The van der Waals surface area contributed by atoms with Gasteiger partial charge in [-0.1, -0.05) is 24.3 Å². The van der Waals surface area contributed by atoms with E-state index < -0.39 is 7.12 Å². The van der Waals surface area contributed by atoms with E-state index in [0.717, 1.165) is 16.6 Å². The number of phenolic OH excluding ortho intramolecular Hbond substituents is 1. The molecule has 0 radical (unpaired) electrons. The minimum absolute atomic E-state index is 0.285. The second kappa shape index (κ2) is 5.71. The van der Waals surface area contributed by atoms with Crippen LogP contribution in [-0.4, -0.2) is 29.2 Å². The fraction of sp³-hybridized carbons (Fsp3) is 0.500. The van der Waals surface area contributed by atoms with E-state index in [1.54, 1.807) is 0 Å². The molecule has 0 unspecified atom stereocenters. The van der Waals surface area contributed by atoms with Crippen molar-refractivity contribution in [3.8, 4) is 5.75 Å². The zero-order chi connectivity index (χ0) is 15.8. The molecule has 1 aromatic carbocycles. The van der Waals surface area contributed by atoms with Gasteiger partial charge in [0.25, 0.3) is 0 Å². The molecule has 0 atom stereocenters. The van der Waals surface area contributed by atoms with Crippen LogP contribution in [0.25, 0.3) is 6.08 Å². The maximum atomic E-state index is 10.1. The maximum Gasteiger partial charge on any atom is 0.491 e. The molecule has 114 valence electrons. The molecule has 1 heterocycles. The zero-order valence-corrected chi connectivity index (χ0v) is 14.2. The SMILES string of the molecule is Cc1cccc(C=C(CS)B2OC(C)(C)C(C)(C)O2)c1O. The summed E-state index contributed by atoms with van der Waals surface area (Å²) in [6.07, 6.45) is 1.90. The van der Waals surface area contributed by atoms with Gasteiger partial charge in [-0.15, -0.1) is 0 Å². The van der Waals surface area contributed by atoms with Crippen molar-refractivity contribution in [2.24, 2.45) is 0 Å². The Morgan fingerprint density at radius 3 is 2.33 bits per heavy atom. The molecule has 0 bridgehead atoms. The third-order valence-electron chi connectivity index (χ3n) is 4.35. The quantitative estimate of drug-likeness (QED) is 0.661. The third-order valence-corrected chi connectivity index (χ3v) is 4.71. The topological polar surface area (TPSA) is 38.7 Å². The summed E-state index contributed by atoms with van der Waals surface area (Å²) >= 11 is 4.38. The van der Waals surface area contributed by atoms with E-state index in [4.69, 9.17) is 9.31 Å². The Kier molecular flexibility index (Phi) is 4.48. The van der Waals surface area contributed by atoms with E-state index in [0.29, 0.717) is 5.75 Å². The molecule has 1 N–H and O–H groups in total. The average Bonchev–Trinajstić information content (AvgIpc) is 2.60. The van der Waals surface area contributed by atoms with Crippen molar-refractivity contribution in [1.82, 2.24) is 0 Å². The van der Waals surface area contributed by atoms with E-state index in [9.17, 15) is 5.11 Å². The van der Waals surface area contributed by atoms with Gasteiger partial charge in [-0.25, -0.2) is 0 Å². The standard InChI is InChI=1S/C16H23BO3S/c1-11-7-6-8-12(14(11)18)9-13(10-21)17-19-15(2,3)16(4,5)20-17/h6-9,18,21H,10H2,1-5H3. The van der Waals surface area contributed by atoms with Gasteiger partial charge in [0.15, 0.2) is 0 Å². The molecule has 0 saturated carbocycles. The molecule has 0 aliphatic carbocycles. The fourth-order valence-corrected chi connectivity index (χ4v) is 2.42. The minimum Gasteiger partial charge on any atom is -0.507 e. The predicted molar refractivity (Wildman–Crippen MR) is 90.8 cm³/mol. The Labute approximate surface area is 132 Å². The second-order valence-corrected chi connectivity index (χ2v) is 6.79. The number of para-hydroxylation sites is 1. The van der Waals surface area contributed by atoms with Gasteiger partial charge >= 0.3 is 7.12 Å². The first-order valence-corrected chi connectivity index (χ1v) is 7.77. The summed E-state index contributed by atoms with van der Waals surface area (Å²) in [7, 11) is -0.438. The number of hydrogen-bond donors (Lipinski definition) is 2. The van der Waals surface area contributed by atoms with Crippen LogP contribution < -0.4 is 0 Å². The van der Waals surface area contributed by atoms with Crippen LogP contribution in [0, 0.1) is 6.92 Å². The smallest absolute Gasteiger partial charge is 0.491 e. The van der Waals surface area contributed by atoms with E-state index in [-0.39, 0.29) is 17.0 Å². The Morgan fingerprint density at radius 2 is 1.81 bits per heavy atom. The first-order valence-electron chi connectivity index (χ1n) is 7.13. The van der Waals surface area contributed by atoms with E-state index in [1.807, 2.05) is 58.9 Å². The molecule has 0 spiro atoms. The molecular formula is C16H23BO3S. The lowest BCUT2D eigenvalue weighted by molar-refractivity contribution is 0.00578. The molecule has 1 aromatic rings.